The second-order valence-electron chi connectivity index (χ2n) is 8.29. The molecule has 0 radical (unpaired) electrons. The first kappa shape index (κ1) is 22.4. The molecule has 0 unspecified atom stereocenters. The van der Waals surface area contributed by atoms with Gasteiger partial charge >= 0.3 is 0 Å². The Morgan fingerprint density at radius 3 is 2.59 bits per heavy atom. The fourth-order valence-electron chi connectivity index (χ4n) is 4.10. The lowest BCUT2D eigenvalue weighted by Gasteiger charge is -2.07. The van der Waals surface area contributed by atoms with E-state index in [-0.39, 0.29) is 28.5 Å². The van der Waals surface area contributed by atoms with Crippen LogP contribution in [0.3, 0.4) is 0 Å². The van der Waals surface area contributed by atoms with Gasteiger partial charge in [0.05, 0.1) is 40.2 Å². The first-order valence-corrected chi connectivity index (χ1v) is 11.4. The van der Waals surface area contributed by atoms with E-state index >= 15 is 4.39 Å². The number of aromatic amines is 2. The number of benzene rings is 1. The van der Waals surface area contributed by atoms with Gasteiger partial charge in [0.1, 0.15) is 22.7 Å². The van der Waals surface area contributed by atoms with Crippen molar-refractivity contribution in [3.63, 3.8) is 0 Å². The third-order valence-electron chi connectivity index (χ3n) is 5.90. The third-order valence-corrected chi connectivity index (χ3v) is 5.90. The molecule has 6 aromatic rings. The molecule has 9 nitrogen and oxygen atoms in total. The van der Waals surface area contributed by atoms with Crippen LogP contribution in [-0.2, 0) is 4.79 Å². The Morgan fingerprint density at radius 2 is 1.78 bits per heavy atom. The van der Waals surface area contributed by atoms with Crippen molar-refractivity contribution >= 4 is 33.5 Å². The molecule has 5 aromatic heterocycles. The van der Waals surface area contributed by atoms with Crippen molar-refractivity contribution in [1.82, 2.24) is 35.1 Å². The molecule has 0 aliphatic rings. The Labute approximate surface area is 208 Å². The van der Waals surface area contributed by atoms with Gasteiger partial charge in [-0.15, -0.1) is 0 Å². The van der Waals surface area contributed by atoms with Crippen molar-refractivity contribution in [2.45, 2.75) is 13.3 Å². The van der Waals surface area contributed by atoms with Gasteiger partial charge in [-0.05, 0) is 36.4 Å². The highest BCUT2D eigenvalue weighted by Gasteiger charge is 2.21. The Kier molecular flexibility index (Phi) is 5.37. The van der Waals surface area contributed by atoms with Gasteiger partial charge in [0.15, 0.2) is 11.6 Å². The van der Waals surface area contributed by atoms with Gasteiger partial charge in [-0.1, -0.05) is 6.92 Å². The lowest BCUT2D eigenvalue weighted by Crippen LogP contribution is -2.09. The molecule has 3 N–H and O–H groups in total. The van der Waals surface area contributed by atoms with E-state index in [2.05, 4.69) is 40.4 Å². The zero-order valence-electron chi connectivity index (χ0n) is 19.4. The zero-order chi connectivity index (χ0) is 25.5. The largest absolute Gasteiger partial charge is 0.336 e. The highest BCUT2D eigenvalue weighted by Crippen LogP contribution is 2.34. The normalized spacial score (nSPS) is 11.3. The van der Waals surface area contributed by atoms with E-state index in [0.717, 1.165) is 0 Å². The minimum absolute atomic E-state index is 0.0556. The number of carbonyl (C=O) groups excluding carboxylic acids is 1. The number of anilines is 1. The molecular formula is C26H18F2N8O. The summed E-state index contributed by atoms with van der Waals surface area (Å²) in [7, 11) is 0. The summed E-state index contributed by atoms with van der Waals surface area (Å²) in [5.74, 6) is -0.815. The molecule has 37 heavy (non-hydrogen) atoms. The van der Waals surface area contributed by atoms with Crippen molar-refractivity contribution < 1.29 is 13.6 Å². The smallest absolute Gasteiger partial charge is 0.224 e. The second kappa shape index (κ2) is 8.86. The topological polar surface area (TPSA) is 125 Å². The van der Waals surface area contributed by atoms with Gasteiger partial charge in [0, 0.05) is 29.9 Å². The summed E-state index contributed by atoms with van der Waals surface area (Å²) in [5.41, 5.74) is 4.00. The Hall–Kier alpha value is -5.06. The van der Waals surface area contributed by atoms with E-state index in [9.17, 15) is 9.18 Å². The Morgan fingerprint density at radius 1 is 0.946 bits per heavy atom. The summed E-state index contributed by atoms with van der Waals surface area (Å²) < 4.78 is 29.3. The number of halogens is 2. The summed E-state index contributed by atoms with van der Waals surface area (Å²) >= 11 is 0. The van der Waals surface area contributed by atoms with Crippen LogP contribution in [0.4, 0.5) is 14.5 Å². The summed E-state index contributed by atoms with van der Waals surface area (Å²) in [6.45, 7) is 1.74. The molecule has 0 saturated heterocycles. The average molecular weight is 496 g/mol. The van der Waals surface area contributed by atoms with Crippen molar-refractivity contribution in [1.29, 1.82) is 0 Å². The summed E-state index contributed by atoms with van der Waals surface area (Å²) in [4.78, 5) is 32.4. The molecule has 1 aromatic carbocycles. The summed E-state index contributed by atoms with van der Waals surface area (Å²) in [6, 6.07) is 9.31. The monoisotopic (exact) mass is 496 g/mol. The number of amides is 1. The Balaban J connectivity index is 1.46. The number of aromatic nitrogens is 7. The van der Waals surface area contributed by atoms with Crippen molar-refractivity contribution in [2.75, 3.05) is 5.32 Å². The van der Waals surface area contributed by atoms with Crippen molar-refractivity contribution in [3.05, 3.63) is 72.8 Å². The number of nitrogens with one attached hydrogen (secondary N) is 3. The first-order valence-electron chi connectivity index (χ1n) is 11.4. The number of carbonyl (C=O) groups is 1. The second-order valence-corrected chi connectivity index (χ2v) is 8.29. The number of pyridine rings is 3. The average Bonchev–Trinajstić information content (AvgIpc) is 3.54. The maximum absolute atomic E-state index is 15.9. The molecule has 0 atom stereocenters. The van der Waals surface area contributed by atoms with E-state index in [0.29, 0.717) is 51.3 Å². The molecule has 5 heterocycles. The van der Waals surface area contributed by atoms with E-state index < -0.39 is 5.82 Å². The minimum Gasteiger partial charge on any atom is -0.336 e. The maximum atomic E-state index is 15.9. The van der Waals surface area contributed by atoms with E-state index in [1.54, 1.807) is 37.4 Å². The number of imidazole rings is 1. The zero-order valence-corrected chi connectivity index (χ0v) is 19.4. The molecule has 182 valence electrons. The minimum atomic E-state index is -0.612. The van der Waals surface area contributed by atoms with Gasteiger partial charge in [0.2, 0.25) is 5.91 Å². The molecule has 0 fully saturated rings. The van der Waals surface area contributed by atoms with Crippen LogP contribution in [0.25, 0.3) is 56.0 Å². The number of hydrogen-bond acceptors (Lipinski definition) is 6. The van der Waals surface area contributed by atoms with Crippen LogP contribution in [0.5, 0.6) is 0 Å². The number of H-pyrrole nitrogens is 2. The molecule has 0 bridgehead atoms. The van der Waals surface area contributed by atoms with Crippen LogP contribution in [0, 0.1) is 11.6 Å². The van der Waals surface area contributed by atoms with Gasteiger partial charge in [-0.3, -0.25) is 24.8 Å². The molecule has 0 spiro atoms. The van der Waals surface area contributed by atoms with Gasteiger partial charge in [0.25, 0.3) is 0 Å². The van der Waals surface area contributed by atoms with E-state index in [1.165, 1.54) is 30.7 Å². The SMILES string of the molecule is CCC(=O)Nc1cncc(-c2ncc3[nH]nc(-c4nc5c(-c6ccc(F)cc6)nccc5[nH]4)c3c2F)c1. The van der Waals surface area contributed by atoms with Crippen LogP contribution >= 0.6 is 0 Å². The fraction of sp³-hybridized carbons (Fsp3) is 0.0769. The quantitative estimate of drug-likeness (QED) is 0.299. The molecular weight excluding hydrogens is 478 g/mol. The summed E-state index contributed by atoms with van der Waals surface area (Å²) in [6.07, 6.45) is 6.36. The molecule has 11 heteroatoms. The number of rotatable bonds is 5. The predicted octanol–water partition coefficient (Wildman–Crippen LogP) is 5.25. The number of nitrogens with zero attached hydrogens (tertiary/aromatic N) is 5. The van der Waals surface area contributed by atoms with Crippen molar-refractivity contribution in [3.8, 4) is 34.0 Å². The van der Waals surface area contributed by atoms with Crippen LogP contribution < -0.4 is 5.32 Å². The molecule has 1 amide bonds. The maximum Gasteiger partial charge on any atom is 0.224 e. The molecule has 6 rings (SSSR count). The van der Waals surface area contributed by atoms with Crippen LogP contribution in [0.15, 0.2) is 61.2 Å². The van der Waals surface area contributed by atoms with Gasteiger partial charge in [-0.25, -0.2) is 13.8 Å². The van der Waals surface area contributed by atoms with Gasteiger partial charge < -0.3 is 10.3 Å². The number of hydrogen-bond donors (Lipinski definition) is 3. The Bertz CT molecular complexity index is 1790. The van der Waals surface area contributed by atoms with Crippen LogP contribution in [0.1, 0.15) is 13.3 Å². The van der Waals surface area contributed by atoms with Crippen molar-refractivity contribution in [2.24, 2.45) is 0 Å². The van der Waals surface area contributed by atoms with E-state index in [1.807, 2.05) is 0 Å². The van der Waals surface area contributed by atoms with Gasteiger partial charge in [-0.2, -0.15) is 5.10 Å². The van der Waals surface area contributed by atoms with E-state index in [4.69, 9.17) is 0 Å². The molecule has 0 saturated carbocycles. The lowest BCUT2D eigenvalue weighted by atomic mass is 10.1. The highest BCUT2D eigenvalue weighted by molar-refractivity contribution is 5.97. The number of fused-ring (bicyclic) bond motifs is 2. The highest BCUT2D eigenvalue weighted by atomic mass is 19.1. The predicted molar refractivity (Wildman–Crippen MR) is 134 cm³/mol. The van der Waals surface area contributed by atoms with Crippen LogP contribution in [-0.4, -0.2) is 41.0 Å². The molecule has 0 aliphatic heterocycles. The fourth-order valence-corrected chi connectivity index (χ4v) is 4.10. The van der Waals surface area contributed by atoms with Crippen LogP contribution in [0.2, 0.25) is 0 Å². The standard InChI is InChI=1S/C26H18F2N8O/c1-2-19(37)32-16-9-14(10-29-11-16)22-21(28)20-18(12-31-22)35-36-25(20)26-33-17-7-8-30-23(24(17)34-26)13-3-5-15(27)6-4-13/h3-12H,2H2,1H3,(H,32,37)(H,33,34)(H,35,36). The first-order chi connectivity index (χ1) is 18.0. The third kappa shape index (κ3) is 3.96. The lowest BCUT2D eigenvalue weighted by molar-refractivity contribution is -0.115. The molecule has 0 aliphatic carbocycles. The summed E-state index contributed by atoms with van der Waals surface area (Å²) in [5, 5.41) is 10.0.